The zero-order chi connectivity index (χ0) is 20.8. The molecule has 4 rings (SSSR count). The van der Waals surface area contributed by atoms with E-state index in [1.807, 2.05) is 18.3 Å². The summed E-state index contributed by atoms with van der Waals surface area (Å²) in [5.74, 6) is 3.24. The smallest absolute Gasteiger partial charge is 0.232 e. The number of hydrogen-bond acceptors (Lipinski definition) is 6. The van der Waals surface area contributed by atoms with E-state index in [1.165, 1.54) is 32.1 Å². The van der Waals surface area contributed by atoms with Crippen LogP contribution in [0.5, 0.6) is 0 Å². The standard InChI is InChI=1S/C22H31N7S/c1-17-7-6-12-29(16-17)20-13-19(28-10-3-2-4-11-28)25-21(26-20)27-22(30)24-15-18-8-5-9-23-14-18/h5,8-9,13-14,17H,2-4,6-7,10-12,15-16H2,1H3,(H2,24,25,26,27,30)/t17-/m0/s1. The molecule has 2 aliphatic rings. The van der Waals surface area contributed by atoms with Gasteiger partial charge in [-0.1, -0.05) is 13.0 Å². The van der Waals surface area contributed by atoms with E-state index in [9.17, 15) is 0 Å². The average molecular weight is 426 g/mol. The maximum Gasteiger partial charge on any atom is 0.232 e. The van der Waals surface area contributed by atoms with Crippen LogP contribution in [0.1, 0.15) is 44.6 Å². The van der Waals surface area contributed by atoms with Crippen molar-refractivity contribution in [1.29, 1.82) is 0 Å². The van der Waals surface area contributed by atoms with Crippen LogP contribution in [-0.2, 0) is 6.54 Å². The third-order valence-corrected chi connectivity index (χ3v) is 6.01. The van der Waals surface area contributed by atoms with Gasteiger partial charge in [0.25, 0.3) is 0 Å². The molecule has 2 aromatic heterocycles. The van der Waals surface area contributed by atoms with Crippen LogP contribution in [0, 0.1) is 5.92 Å². The number of aromatic nitrogens is 3. The molecule has 30 heavy (non-hydrogen) atoms. The third kappa shape index (κ3) is 5.56. The van der Waals surface area contributed by atoms with Crippen LogP contribution in [-0.4, -0.2) is 46.2 Å². The second-order valence-electron chi connectivity index (χ2n) is 8.32. The number of thiocarbonyl (C=S) groups is 1. The van der Waals surface area contributed by atoms with Crippen molar-refractivity contribution >= 4 is 34.9 Å². The van der Waals surface area contributed by atoms with Gasteiger partial charge in [0.05, 0.1) is 0 Å². The van der Waals surface area contributed by atoms with Gasteiger partial charge in [-0.2, -0.15) is 9.97 Å². The summed E-state index contributed by atoms with van der Waals surface area (Å²) in [5.41, 5.74) is 1.08. The molecule has 2 aromatic rings. The fraction of sp³-hybridized carbons (Fsp3) is 0.545. The molecule has 2 saturated heterocycles. The first-order valence-electron chi connectivity index (χ1n) is 11.0. The topological polar surface area (TPSA) is 69.2 Å². The summed E-state index contributed by atoms with van der Waals surface area (Å²) in [6.07, 6.45) is 9.82. The Morgan fingerprint density at radius 3 is 2.60 bits per heavy atom. The van der Waals surface area contributed by atoms with Gasteiger partial charge in [-0.25, -0.2) is 0 Å². The minimum absolute atomic E-state index is 0.521. The summed E-state index contributed by atoms with van der Waals surface area (Å²) in [7, 11) is 0. The van der Waals surface area contributed by atoms with E-state index in [0.29, 0.717) is 23.5 Å². The highest BCUT2D eigenvalue weighted by Gasteiger charge is 2.21. The van der Waals surface area contributed by atoms with Gasteiger partial charge in [0.15, 0.2) is 5.11 Å². The summed E-state index contributed by atoms with van der Waals surface area (Å²) in [5, 5.41) is 6.95. The van der Waals surface area contributed by atoms with Gasteiger partial charge in [0.2, 0.25) is 5.95 Å². The molecule has 2 fully saturated rings. The van der Waals surface area contributed by atoms with E-state index >= 15 is 0 Å². The Bertz CT molecular complexity index is 839. The van der Waals surface area contributed by atoms with Crippen molar-refractivity contribution in [3.63, 3.8) is 0 Å². The minimum Gasteiger partial charge on any atom is -0.358 e. The first kappa shape index (κ1) is 20.8. The molecule has 4 heterocycles. The molecule has 0 aliphatic carbocycles. The molecule has 0 spiro atoms. The lowest BCUT2D eigenvalue weighted by atomic mass is 10.0. The van der Waals surface area contributed by atoms with Crippen molar-refractivity contribution in [3.05, 3.63) is 36.2 Å². The van der Waals surface area contributed by atoms with E-state index in [2.05, 4.69) is 38.4 Å². The lowest BCUT2D eigenvalue weighted by Crippen LogP contribution is -2.36. The summed E-state index contributed by atoms with van der Waals surface area (Å²) in [4.78, 5) is 18.5. The average Bonchev–Trinajstić information content (AvgIpc) is 2.79. The second-order valence-corrected chi connectivity index (χ2v) is 8.73. The maximum atomic E-state index is 5.50. The Labute approximate surface area is 184 Å². The van der Waals surface area contributed by atoms with Crippen LogP contribution in [0.4, 0.5) is 17.6 Å². The Kier molecular flexibility index (Phi) is 6.94. The highest BCUT2D eigenvalue weighted by Crippen LogP contribution is 2.27. The predicted molar refractivity (Wildman–Crippen MR) is 126 cm³/mol. The molecular weight excluding hydrogens is 394 g/mol. The molecule has 7 nitrogen and oxygen atoms in total. The zero-order valence-electron chi connectivity index (χ0n) is 17.7. The number of anilines is 3. The summed E-state index contributed by atoms with van der Waals surface area (Å²) in [6, 6.07) is 6.09. The number of pyridine rings is 1. The summed E-state index contributed by atoms with van der Waals surface area (Å²) in [6.45, 7) is 7.12. The van der Waals surface area contributed by atoms with Crippen LogP contribution in [0.2, 0.25) is 0 Å². The molecule has 0 aromatic carbocycles. The Balaban J connectivity index is 1.50. The molecule has 0 amide bonds. The molecular formula is C22H31N7S. The molecule has 2 N–H and O–H groups in total. The molecule has 0 bridgehead atoms. The van der Waals surface area contributed by atoms with Crippen LogP contribution in [0.15, 0.2) is 30.6 Å². The van der Waals surface area contributed by atoms with Crippen molar-refractivity contribution in [3.8, 4) is 0 Å². The normalized spacial score (nSPS) is 19.4. The van der Waals surface area contributed by atoms with Gasteiger partial charge < -0.3 is 20.4 Å². The molecule has 8 heteroatoms. The SMILES string of the molecule is C[C@H]1CCCN(c2cc(N3CCCCC3)nc(NC(=S)NCc3cccnc3)n2)C1. The van der Waals surface area contributed by atoms with Crippen molar-refractivity contribution in [2.45, 2.75) is 45.6 Å². The van der Waals surface area contributed by atoms with Gasteiger partial charge in [-0.15, -0.1) is 0 Å². The van der Waals surface area contributed by atoms with E-state index in [0.717, 1.165) is 43.4 Å². The van der Waals surface area contributed by atoms with Crippen molar-refractivity contribution < 1.29 is 0 Å². The number of rotatable bonds is 5. The van der Waals surface area contributed by atoms with Crippen molar-refractivity contribution in [2.24, 2.45) is 5.92 Å². The van der Waals surface area contributed by atoms with Crippen molar-refractivity contribution in [2.75, 3.05) is 41.3 Å². The Morgan fingerprint density at radius 1 is 1.10 bits per heavy atom. The molecule has 0 saturated carbocycles. The summed E-state index contributed by atoms with van der Waals surface area (Å²) < 4.78 is 0. The fourth-order valence-electron chi connectivity index (χ4n) is 4.15. The zero-order valence-corrected chi connectivity index (χ0v) is 18.5. The quantitative estimate of drug-likeness (QED) is 0.705. The highest BCUT2D eigenvalue weighted by molar-refractivity contribution is 7.80. The molecule has 1 atom stereocenters. The van der Waals surface area contributed by atoms with Gasteiger partial charge in [0, 0.05) is 51.2 Å². The molecule has 2 aliphatic heterocycles. The lowest BCUT2D eigenvalue weighted by Gasteiger charge is -2.33. The van der Waals surface area contributed by atoms with E-state index in [4.69, 9.17) is 22.2 Å². The number of nitrogens with zero attached hydrogens (tertiary/aromatic N) is 5. The maximum absolute atomic E-state index is 5.50. The Hall–Kier alpha value is -2.48. The van der Waals surface area contributed by atoms with Crippen LogP contribution >= 0.6 is 12.2 Å². The first-order chi connectivity index (χ1) is 14.7. The fourth-order valence-corrected chi connectivity index (χ4v) is 4.32. The lowest BCUT2D eigenvalue weighted by molar-refractivity contribution is 0.444. The summed E-state index contributed by atoms with van der Waals surface area (Å²) >= 11 is 5.50. The number of nitrogens with one attached hydrogen (secondary N) is 2. The van der Waals surface area contributed by atoms with E-state index in [-0.39, 0.29) is 0 Å². The first-order valence-corrected chi connectivity index (χ1v) is 11.4. The van der Waals surface area contributed by atoms with Crippen LogP contribution < -0.4 is 20.4 Å². The second kappa shape index (κ2) is 10.0. The van der Waals surface area contributed by atoms with Crippen molar-refractivity contribution in [1.82, 2.24) is 20.3 Å². The third-order valence-electron chi connectivity index (χ3n) is 5.76. The molecule has 0 unspecified atom stereocenters. The predicted octanol–water partition coefficient (Wildman–Crippen LogP) is 3.58. The largest absolute Gasteiger partial charge is 0.358 e. The van der Waals surface area contributed by atoms with Crippen LogP contribution in [0.3, 0.4) is 0 Å². The van der Waals surface area contributed by atoms with Gasteiger partial charge in [0.1, 0.15) is 11.6 Å². The van der Waals surface area contributed by atoms with E-state index in [1.54, 1.807) is 6.20 Å². The minimum atomic E-state index is 0.521. The number of piperidine rings is 2. The van der Waals surface area contributed by atoms with E-state index < -0.39 is 0 Å². The van der Waals surface area contributed by atoms with Gasteiger partial charge in [-0.3, -0.25) is 4.98 Å². The number of hydrogen-bond donors (Lipinski definition) is 2. The Morgan fingerprint density at radius 2 is 1.87 bits per heavy atom. The molecule has 0 radical (unpaired) electrons. The van der Waals surface area contributed by atoms with Gasteiger partial charge in [-0.05, 0) is 61.9 Å². The van der Waals surface area contributed by atoms with Crippen LogP contribution in [0.25, 0.3) is 0 Å². The highest BCUT2D eigenvalue weighted by atomic mass is 32.1. The van der Waals surface area contributed by atoms with Gasteiger partial charge >= 0.3 is 0 Å². The molecule has 160 valence electrons. The monoisotopic (exact) mass is 425 g/mol.